The molecule has 4 heteroatoms. The minimum absolute atomic E-state index is 0.253. The Morgan fingerprint density at radius 2 is 1.88 bits per heavy atom. The number of rotatable bonds is 2. The summed E-state index contributed by atoms with van der Waals surface area (Å²) in [6.07, 6.45) is 5.40. The van der Waals surface area contributed by atoms with Crippen molar-refractivity contribution >= 4 is 22.8 Å². The van der Waals surface area contributed by atoms with E-state index in [4.69, 9.17) is 16.1 Å². The van der Waals surface area contributed by atoms with Gasteiger partial charge in [-0.1, -0.05) is 12.1 Å². The molecule has 3 N–H and O–H groups in total. The molecule has 4 rings (SSSR count). The van der Waals surface area contributed by atoms with Crippen LogP contribution in [0.2, 0.25) is 0 Å². The maximum absolute atomic E-state index is 13.7. The number of hydrogen-bond donors (Lipinski definition) is 2. The topological polar surface area (TPSA) is 62.8 Å². The molecule has 2 aromatic carbocycles. The van der Waals surface area contributed by atoms with Gasteiger partial charge in [0.25, 0.3) is 0 Å². The van der Waals surface area contributed by atoms with Crippen molar-refractivity contribution in [3.05, 3.63) is 58.9 Å². The predicted molar refractivity (Wildman–Crippen MR) is 96.1 cm³/mol. The summed E-state index contributed by atoms with van der Waals surface area (Å²) in [6, 6.07) is 10.3. The number of hydrogen-bond acceptors (Lipinski definition) is 3. The second kappa shape index (κ2) is 5.71. The summed E-state index contributed by atoms with van der Waals surface area (Å²) in [6.45, 7) is 0. The number of nitrogens with zero attached hydrogens (tertiary/aromatic N) is 1. The third kappa shape index (κ3) is 2.26. The number of aromatic nitrogens is 1. The molecule has 3 nitrogen and oxygen atoms in total. The number of fused-ring (bicyclic) bond motifs is 3. The largest absolute Gasteiger partial charge is 0.398 e. The van der Waals surface area contributed by atoms with Crippen molar-refractivity contribution in [1.29, 1.82) is 5.41 Å². The first-order valence-electron chi connectivity index (χ1n) is 8.19. The zero-order valence-corrected chi connectivity index (χ0v) is 13.3. The standard InChI is InChI=1S/C20H18FN3/c21-13-5-3-4-12(10-13)20-15-7-2-1-6-14(15)19-16(11-22)17(23)8-9-18(19)24-20/h3-5,8-11,22H,1-2,6-7,23H2. The average Bonchev–Trinajstić information content (AvgIpc) is 2.61. The van der Waals surface area contributed by atoms with E-state index in [-0.39, 0.29) is 5.82 Å². The summed E-state index contributed by atoms with van der Waals surface area (Å²) < 4.78 is 13.7. The number of anilines is 1. The molecule has 0 aliphatic heterocycles. The van der Waals surface area contributed by atoms with Gasteiger partial charge in [0.2, 0.25) is 0 Å². The number of nitrogens with one attached hydrogen (secondary N) is 1. The molecule has 24 heavy (non-hydrogen) atoms. The van der Waals surface area contributed by atoms with E-state index in [0.29, 0.717) is 5.69 Å². The number of pyridine rings is 1. The molecule has 0 radical (unpaired) electrons. The maximum Gasteiger partial charge on any atom is 0.123 e. The average molecular weight is 319 g/mol. The Bertz CT molecular complexity index is 963. The quantitative estimate of drug-likeness (QED) is 0.539. The van der Waals surface area contributed by atoms with E-state index in [9.17, 15) is 4.39 Å². The van der Waals surface area contributed by atoms with Gasteiger partial charge >= 0.3 is 0 Å². The summed E-state index contributed by atoms with van der Waals surface area (Å²) in [4.78, 5) is 4.82. The van der Waals surface area contributed by atoms with Crippen molar-refractivity contribution in [2.75, 3.05) is 5.73 Å². The van der Waals surface area contributed by atoms with Crippen molar-refractivity contribution in [3.63, 3.8) is 0 Å². The van der Waals surface area contributed by atoms with Gasteiger partial charge in [0, 0.05) is 28.4 Å². The van der Waals surface area contributed by atoms with E-state index >= 15 is 0 Å². The van der Waals surface area contributed by atoms with Crippen LogP contribution in [0, 0.1) is 11.2 Å². The monoisotopic (exact) mass is 319 g/mol. The van der Waals surface area contributed by atoms with Gasteiger partial charge in [-0.25, -0.2) is 9.37 Å². The number of nitrogen functional groups attached to an aromatic ring is 1. The van der Waals surface area contributed by atoms with Crippen LogP contribution in [-0.4, -0.2) is 11.2 Å². The Morgan fingerprint density at radius 1 is 1.08 bits per heavy atom. The predicted octanol–water partition coefficient (Wildman–Crippen LogP) is 4.50. The summed E-state index contributed by atoms with van der Waals surface area (Å²) in [5.74, 6) is -0.253. The lowest BCUT2D eigenvalue weighted by Gasteiger charge is -2.22. The van der Waals surface area contributed by atoms with Crippen molar-refractivity contribution < 1.29 is 4.39 Å². The van der Waals surface area contributed by atoms with E-state index in [1.165, 1.54) is 29.5 Å². The zero-order valence-electron chi connectivity index (χ0n) is 13.3. The summed E-state index contributed by atoms with van der Waals surface area (Å²) in [5, 5.41) is 8.73. The highest BCUT2D eigenvalue weighted by Gasteiger charge is 2.21. The van der Waals surface area contributed by atoms with Gasteiger partial charge in [-0.05, 0) is 61.1 Å². The molecule has 3 aromatic rings. The Labute approximate surface area is 139 Å². The molecule has 0 bridgehead atoms. The molecule has 0 amide bonds. The van der Waals surface area contributed by atoms with Gasteiger partial charge in [0.15, 0.2) is 0 Å². The van der Waals surface area contributed by atoms with Crippen molar-refractivity contribution in [2.45, 2.75) is 25.7 Å². The SMILES string of the molecule is N=Cc1c(N)ccc2nc(-c3cccc(F)c3)c3c(c12)CCCC3. The molecule has 120 valence electrons. The second-order valence-electron chi connectivity index (χ2n) is 6.24. The fraction of sp³-hybridized carbons (Fsp3) is 0.200. The van der Waals surface area contributed by atoms with Gasteiger partial charge in [-0.3, -0.25) is 0 Å². The second-order valence-corrected chi connectivity index (χ2v) is 6.24. The highest BCUT2D eigenvalue weighted by Crippen LogP contribution is 2.37. The first-order valence-corrected chi connectivity index (χ1v) is 8.19. The number of benzene rings is 2. The fourth-order valence-electron chi connectivity index (χ4n) is 3.69. The molecule has 0 unspecified atom stereocenters. The van der Waals surface area contributed by atoms with Gasteiger partial charge < -0.3 is 11.1 Å². The van der Waals surface area contributed by atoms with Crippen LogP contribution in [0.3, 0.4) is 0 Å². The zero-order chi connectivity index (χ0) is 16.7. The van der Waals surface area contributed by atoms with E-state index in [0.717, 1.165) is 53.4 Å². The van der Waals surface area contributed by atoms with Crippen LogP contribution in [-0.2, 0) is 12.8 Å². The first-order chi connectivity index (χ1) is 11.7. The number of halogens is 1. The third-order valence-corrected chi connectivity index (χ3v) is 4.79. The molecule has 1 heterocycles. The van der Waals surface area contributed by atoms with Crippen LogP contribution in [0.5, 0.6) is 0 Å². The van der Waals surface area contributed by atoms with Gasteiger partial charge in [0.05, 0.1) is 11.2 Å². The number of aryl methyl sites for hydroxylation is 1. The molecular formula is C20H18FN3. The smallest absolute Gasteiger partial charge is 0.123 e. The van der Waals surface area contributed by atoms with E-state index in [1.807, 2.05) is 12.1 Å². The molecule has 0 saturated carbocycles. The van der Waals surface area contributed by atoms with E-state index < -0.39 is 0 Å². The summed E-state index contributed by atoms with van der Waals surface area (Å²) in [7, 11) is 0. The van der Waals surface area contributed by atoms with E-state index in [1.54, 1.807) is 12.1 Å². The minimum Gasteiger partial charge on any atom is -0.398 e. The van der Waals surface area contributed by atoms with Gasteiger partial charge in [-0.15, -0.1) is 0 Å². The molecule has 1 aliphatic carbocycles. The molecule has 1 aliphatic rings. The van der Waals surface area contributed by atoms with Crippen LogP contribution in [0.1, 0.15) is 29.5 Å². The molecule has 0 fully saturated rings. The van der Waals surface area contributed by atoms with Gasteiger partial charge in [-0.2, -0.15) is 0 Å². The third-order valence-electron chi connectivity index (χ3n) is 4.79. The highest BCUT2D eigenvalue weighted by molar-refractivity contribution is 6.05. The van der Waals surface area contributed by atoms with Crippen LogP contribution in [0.25, 0.3) is 22.2 Å². The lowest BCUT2D eigenvalue weighted by atomic mass is 9.85. The molecule has 0 spiro atoms. The molecular weight excluding hydrogens is 301 g/mol. The Morgan fingerprint density at radius 3 is 2.62 bits per heavy atom. The minimum atomic E-state index is -0.253. The fourth-order valence-corrected chi connectivity index (χ4v) is 3.69. The van der Waals surface area contributed by atoms with Crippen molar-refractivity contribution in [2.24, 2.45) is 0 Å². The van der Waals surface area contributed by atoms with Crippen molar-refractivity contribution in [1.82, 2.24) is 4.98 Å². The first kappa shape index (κ1) is 14.8. The lowest BCUT2D eigenvalue weighted by Crippen LogP contribution is -2.09. The van der Waals surface area contributed by atoms with Crippen LogP contribution >= 0.6 is 0 Å². The van der Waals surface area contributed by atoms with Gasteiger partial charge in [0.1, 0.15) is 5.82 Å². The van der Waals surface area contributed by atoms with E-state index in [2.05, 4.69) is 0 Å². The number of nitrogens with two attached hydrogens (primary N) is 1. The van der Waals surface area contributed by atoms with Crippen LogP contribution < -0.4 is 5.73 Å². The molecule has 0 atom stereocenters. The molecule has 0 saturated heterocycles. The highest BCUT2D eigenvalue weighted by atomic mass is 19.1. The summed E-state index contributed by atoms with van der Waals surface area (Å²) >= 11 is 0. The molecule has 1 aromatic heterocycles. The Hall–Kier alpha value is -2.75. The summed E-state index contributed by atoms with van der Waals surface area (Å²) in [5.41, 5.74) is 12.3. The van der Waals surface area contributed by atoms with Crippen molar-refractivity contribution in [3.8, 4) is 11.3 Å². The van der Waals surface area contributed by atoms with Crippen LogP contribution in [0.4, 0.5) is 10.1 Å². The Kier molecular flexibility index (Phi) is 3.53. The maximum atomic E-state index is 13.7. The normalized spacial score (nSPS) is 13.7. The van der Waals surface area contributed by atoms with Crippen LogP contribution in [0.15, 0.2) is 36.4 Å². The lowest BCUT2D eigenvalue weighted by molar-refractivity contribution is 0.628. The Balaban J connectivity index is 2.10.